The predicted molar refractivity (Wildman–Crippen MR) is 154 cm³/mol. The van der Waals surface area contributed by atoms with Crippen molar-refractivity contribution in [3.8, 4) is 34.0 Å². The molecule has 3 aromatic carbocycles. The molecule has 1 saturated heterocycles. The average molecular weight is 573 g/mol. The summed E-state index contributed by atoms with van der Waals surface area (Å²) in [7, 11) is 1.66. The molecule has 5 aromatic rings. The second-order valence-corrected chi connectivity index (χ2v) is 10.2. The van der Waals surface area contributed by atoms with E-state index in [1.807, 2.05) is 30.3 Å². The first-order valence-electron chi connectivity index (χ1n) is 12.8. The molecule has 0 aliphatic carbocycles. The molecule has 8 heteroatoms. The van der Waals surface area contributed by atoms with Gasteiger partial charge >= 0.3 is 0 Å². The molecule has 2 aromatic heterocycles. The third-order valence-electron chi connectivity index (χ3n) is 6.96. The smallest absolute Gasteiger partial charge is 0.162 e. The molecule has 1 N–H and O–H groups in total. The van der Waals surface area contributed by atoms with Crippen molar-refractivity contribution >= 4 is 37.7 Å². The number of aromatic amines is 1. The van der Waals surface area contributed by atoms with Crippen molar-refractivity contribution in [1.82, 2.24) is 19.9 Å². The Morgan fingerprint density at radius 1 is 0.974 bits per heavy atom. The molecule has 0 atom stereocenters. The van der Waals surface area contributed by atoms with E-state index in [9.17, 15) is 0 Å². The van der Waals surface area contributed by atoms with E-state index in [0.717, 1.165) is 88.1 Å². The molecule has 0 unspecified atom stereocenters. The van der Waals surface area contributed by atoms with Crippen molar-refractivity contribution in [3.63, 3.8) is 0 Å². The quantitative estimate of drug-likeness (QED) is 0.219. The summed E-state index contributed by atoms with van der Waals surface area (Å²) >= 11 is 3.63. The molecule has 0 bridgehead atoms. The molecule has 38 heavy (non-hydrogen) atoms. The van der Waals surface area contributed by atoms with Gasteiger partial charge < -0.3 is 19.2 Å². The molecule has 0 spiro atoms. The van der Waals surface area contributed by atoms with Crippen LogP contribution in [-0.4, -0.2) is 66.4 Å². The zero-order valence-electron chi connectivity index (χ0n) is 21.2. The number of para-hydroxylation sites is 1. The van der Waals surface area contributed by atoms with Gasteiger partial charge in [0.05, 0.1) is 43.8 Å². The monoisotopic (exact) mass is 572 g/mol. The number of fused-ring (bicyclic) bond motifs is 2. The van der Waals surface area contributed by atoms with Gasteiger partial charge in [0.15, 0.2) is 11.5 Å². The van der Waals surface area contributed by atoms with Crippen molar-refractivity contribution in [2.75, 3.05) is 46.6 Å². The van der Waals surface area contributed by atoms with Crippen LogP contribution in [0.1, 0.15) is 6.42 Å². The SMILES string of the molecule is COc1cc2ncnc(-c3c(-c4cccc(Br)c4)[nH]c4ccccc34)c2cc1OCCCN1CCOCC1. The van der Waals surface area contributed by atoms with E-state index in [2.05, 4.69) is 61.1 Å². The van der Waals surface area contributed by atoms with Crippen LogP contribution in [0, 0.1) is 0 Å². The first-order valence-corrected chi connectivity index (χ1v) is 13.6. The Hall–Kier alpha value is -3.46. The van der Waals surface area contributed by atoms with E-state index in [-0.39, 0.29) is 0 Å². The minimum absolute atomic E-state index is 0.596. The van der Waals surface area contributed by atoms with Gasteiger partial charge in [-0.3, -0.25) is 4.90 Å². The molecular formula is C30H29BrN4O3. The molecular weight excluding hydrogens is 544 g/mol. The van der Waals surface area contributed by atoms with E-state index in [1.165, 1.54) is 0 Å². The summed E-state index contributed by atoms with van der Waals surface area (Å²) in [5.41, 5.74) is 5.83. The number of aromatic nitrogens is 3. The summed E-state index contributed by atoms with van der Waals surface area (Å²) in [6.07, 6.45) is 2.54. The number of rotatable bonds is 8. The van der Waals surface area contributed by atoms with Gasteiger partial charge in [0, 0.05) is 52.0 Å². The Morgan fingerprint density at radius 2 is 1.84 bits per heavy atom. The van der Waals surface area contributed by atoms with Gasteiger partial charge in [0.25, 0.3) is 0 Å². The van der Waals surface area contributed by atoms with Gasteiger partial charge in [0.2, 0.25) is 0 Å². The van der Waals surface area contributed by atoms with Crippen molar-refractivity contribution in [2.45, 2.75) is 6.42 Å². The van der Waals surface area contributed by atoms with Gasteiger partial charge in [-0.1, -0.05) is 46.3 Å². The van der Waals surface area contributed by atoms with E-state index in [0.29, 0.717) is 18.1 Å². The Kier molecular flexibility index (Phi) is 7.27. The molecule has 1 aliphatic heterocycles. The number of hydrogen-bond acceptors (Lipinski definition) is 6. The van der Waals surface area contributed by atoms with Crippen molar-refractivity contribution in [3.05, 3.63) is 71.5 Å². The lowest BCUT2D eigenvalue weighted by molar-refractivity contribution is 0.0357. The Bertz CT molecular complexity index is 1580. The molecule has 0 saturated carbocycles. The Labute approximate surface area is 229 Å². The Morgan fingerprint density at radius 3 is 2.68 bits per heavy atom. The lowest BCUT2D eigenvalue weighted by atomic mass is 9.99. The molecule has 7 nitrogen and oxygen atoms in total. The average Bonchev–Trinajstić information content (AvgIpc) is 3.34. The first kappa shape index (κ1) is 24.9. The number of ether oxygens (including phenoxy) is 3. The van der Waals surface area contributed by atoms with Crippen LogP contribution in [0.25, 0.3) is 44.3 Å². The van der Waals surface area contributed by atoms with Crippen LogP contribution in [0.5, 0.6) is 11.5 Å². The Balaban J connectivity index is 1.40. The van der Waals surface area contributed by atoms with E-state index in [4.69, 9.17) is 19.2 Å². The third-order valence-corrected chi connectivity index (χ3v) is 7.45. The summed E-state index contributed by atoms with van der Waals surface area (Å²) in [5.74, 6) is 1.36. The fourth-order valence-electron chi connectivity index (χ4n) is 5.08. The number of benzene rings is 3. The molecule has 1 aliphatic rings. The summed E-state index contributed by atoms with van der Waals surface area (Å²) in [6.45, 7) is 5.14. The van der Waals surface area contributed by atoms with Crippen molar-refractivity contribution in [1.29, 1.82) is 0 Å². The topological polar surface area (TPSA) is 72.5 Å². The van der Waals surface area contributed by atoms with Gasteiger partial charge in [-0.15, -0.1) is 0 Å². The minimum atomic E-state index is 0.596. The third kappa shape index (κ3) is 4.99. The van der Waals surface area contributed by atoms with Crippen LogP contribution < -0.4 is 9.47 Å². The lowest BCUT2D eigenvalue weighted by Gasteiger charge is -2.26. The van der Waals surface area contributed by atoms with Crippen LogP contribution >= 0.6 is 15.9 Å². The highest BCUT2D eigenvalue weighted by Gasteiger charge is 2.20. The highest BCUT2D eigenvalue weighted by atomic mass is 79.9. The maximum absolute atomic E-state index is 6.27. The summed E-state index contributed by atoms with van der Waals surface area (Å²) < 4.78 is 18.4. The van der Waals surface area contributed by atoms with E-state index < -0.39 is 0 Å². The number of H-pyrrole nitrogens is 1. The number of nitrogens with one attached hydrogen (secondary N) is 1. The van der Waals surface area contributed by atoms with Crippen LogP contribution in [0.4, 0.5) is 0 Å². The highest BCUT2D eigenvalue weighted by Crippen LogP contribution is 2.42. The molecule has 6 rings (SSSR count). The van der Waals surface area contributed by atoms with Crippen LogP contribution in [0.3, 0.4) is 0 Å². The lowest BCUT2D eigenvalue weighted by Crippen LogP contribution is -2.37. The van der Waals surface area contributed by atoms with Crippen LogP contribution in [0.15, 0.2) is 71.5 Å². The molecule has 0 radical (unpaired) electrons. The van der Waals surface area contributed by atoms with Gasteiger partial charge in [-0.05, 0) is 36.2 Å². The first-order chi connectivity index (χ1) is 18.7. The molecule has 0 amide bonds. The second kappa shape index (κ2) is 11.1. The van der Waals surface area contributed by atoms with Crippen molar-refractivity contribution < 1.29 is 14.2 Å². The van der Waals surface area contributed by atoms with E-state index >= 15 is 0 Å². The highest BCUT2D eigenvalue weighted by molar-refractivity contribution is 9.10. The zero-order valence-corrected chi connectivity index (χ0v) is 22.8. The number of hydrogen-bond donors (Lipinski definition) is 1. The number of morpholine rings is 1. The van der Waals surface area contributed by atoms with Gasteiger partial charge in [0.1, 0.15) is 6.33 Å². The molecule has 194 valence electrons. The zero-order chi connectivity index (χ0) is 25.9. The normalized spacial score (nSPS) is 14.3. The second-order valence-electron chi connectivity index (χ2n) is 9.33. The van der Waals surface area contributed by atoms with Crippen LogP contribution in [0.2, 0.25) is 0 Å². The summed E-state index contributed by atoms with van der Waals surface area (Å²) in [6, 6.07) is 20.6. The van der Waals surface area contributed by atoms with Crippen molar-refractivity contribution in [2.24, 2.45) is 0 Å². The van der Waals surface area contributed by atoms with Crippen LogP contribution in [-0.2, 0) is 4.74 Å². The van der Waals surface area contributed by atoms with Gasteiger partial charge in [-0.2, -0.15) is 0 Å². The molecule has 3 heterocycles. The summed E-state index contributed by atoms with van der Waals surface area (Å²) in [5, 5.41) is 2.02. The maximum Gasteiger partial charge on any atom is 0.162 e. The number of nitrogens with zero attached hydrogens (tertiary/aromatic N) is 3. The maximum atomic E-state index is 6.27. The fraction of sp³-hybridized carbons (Fsp3) is 0.267. The van der Waals surface area contributed by atoms with Gasteiger partial charge in [-0.25, -0.2) is 9.97 Å². The fourth-order valence-corrected chi connectivity index (χ4v) is 5.48. The summed E-state index contributed by atoms with van der Waals surface area (Å²) in [4.78, 5) is 15.4. The largest absolute Gasteiger partial charge is 0.493 e. The standard InChI is InChI=1S/C30H29BrN4O3/c1-36-26-18-25-23(17-27(26)38-13-5-10-35-11-14-37-15-12-35)30(33-19-32-25)28-22-8-2-3-9-24(22)34-29(28)20-6-4-7-21(31)16-20/h2-4,6-9,16-19,34H,5,10-15H2,1H3. The predicted octanol–water partition coefficient (Wildman–Crippen LogP) is 6.32. The minimum Gasteiger partial charge on any atom is -0.493 e. The molecule has 1 fully saturated rings. The number of halogens is 1. The number of methoxy groups -OCH3 is 1. The van der Waals surface area contributed by atoms with E-state index in [1.54, 1.807) is 13.4 Å².